The molecular weight excluding hydrogens is 434 g/mol. The van der Waals surface area contributed by atoms with Crippen LogP contribution in [0.1, 0.15) is 30.1 Å². The van der Waals surface area contributed by atoms with Crippen LogP contribution >= 0.6 is 11.8 Å². The Morgan fingerprint density at radius 2 is 1.82 bits per heavy atom. The number of fused-ring (bicyclic) bond motifs is 2. The highest BCUT2D eigenvalue weighted by molar-refractivity contribution is 7.99. The molecule has 2 aliphatic rings. The third kappa shape index (κ3) is 3.68. The van der Waals surface area contributed by atoms with Crippen molar-refractivity contribution in [2.45, 2.75) is 35.6 Å². The van der Waals surface area contributed by atoms with Gasteiger partial charge in [0.25, 0.3) is 11.8 Å². The van der Waals surface area contributed by atoms with Gasteiger partial charge in [-0.15, -0.1) is 0 Å². The van der Waals surface area contributed by atoms with E-state index in [1.54, 1.807) is 11.8 Å². The maximum Gasteiger partial charge on any atom is 0.259 e. The molecule has 1 aliphatic heterocycles. The van der Waals surface area contributed by atoms with E-state index in [0.717, 1.165) is 50.8 Å². The van der Waals surface area contributed by atoms with Gasteiger partial charge in [0, 0.05) is 27.0 Å². The Labute approximate surface area is 195 Å². The van der Waals surface area contributed by atoms with E-state index in [-0.39, 0.29) is 11.9 Å². The quantitative estimate of drug-likeness (QED) is 0.363. The summed E-state index contributed by atoms with van der Waals surface area (Å²) in [5.41, 5.74) is 3.39. The van der Waals surface area contributed by atoms with Crippen molar-refractivity contribution in [1.82, 2.24) is 10.1 Å². The highest BCUT2D eigenvalue weighted by Crippen LogP contribution is 2.46. The zero-order valence-electron chi connectivity index (χ0n) is 18.0. The number of aromatic nitrogens is 2. The van der Waals surface area contributed by atoms with Crippen LogP contribution in [0.3, 0.4) is 0 Å². The van der Waals surface area contributed by atoms with Crippen molar-refractivity contribution in [3.63, 3.8) is 0 Å². The summed E-state index contributed by atoms with van der Waals surface area (Å²) in [7, 11) is 0. The summed E-state index contributed by atoms with van der Waals surface area (Å²) in [5, 5.41) is 4.21. The molecule has 6 rings (SSSR count). The van der Waals surface area contributed by atoms with Crippen molar-refractivity contribution in [2.75, 3.05) is 11.5 Å². The first-order chi connectivity index (χ1) is 16.2. The summed E-state index contributed by atoms with van der Waals surface area (Å²) in [5.74, 6) is 1.85. The standard InChI is InChI=1S/C26H21N3O3S/c1-2-31-19-12-7-16(8-13-19)25-27-24(28-32-25)17-9-14-21-23(15-17)33-22-6-4-3-5-20(22)26(30)29(21)18-10-11-18/h3-9,12-15,18H,2,10-11H2,1H3. The molecule has 1 saturated carbocycles. The minimum Gasteiger partial charge on any atom is -0.494 e. The molecule has 0 unspecified atom stereocenters. The zero-order valence-corrected chi connectivity index (χ0v) is 18.8. The normalized spacial score (nSPS) is 15.1. The number of hydrogen-bond acceptors (Lipinski definition) is 6. The van der Waals surface area contributed by atoms with Crippen LogP contribution in [-0.2, 0) is 0 Å². The number of amides is 1. The molecule has 33 heavy (non-hydrogen) atoms. The van der Waals surface area contributed by atoms with Gasteiger partial charge in [0.05, 0.1) is 17.9 Å². The third-order valence-electron chi connectivity index (χ3n) is 5.78. The summed E-state index contributed by atoms with van der Waals surface area (Å²) in [6.45, 7) is 2.57. The third-order valence-corrected chi connectivity index (χ3v) is 6.91. The number of nitrogens with zero attached hydrogens (tertiary/aromatic N) is 3. The molecule has 3 aromatic carbocycles. The van der Waals surface area contributed by atoms with Crippen LogP contribution in [0.15, 0.2) is 81.0 Å². The monoisotopic (exact) mass is 455 g/mol. The van der Waals surface area contributed by atoms with Crippen molar-refractivity contribution >= 4 is 23.4 Å². The average molecular weight is 456 g/mol. The molecule has 0 radical (unpaired) electrons. The van der Waals surface area contributed by atoms with Gasteiger partial charge in [0.2, 0.25) is 5.82 Å². The van der Waals surface area contributed by atoms with Crippen molar-refractivity contribution in [2.24, 2.45) is 0 Å². The van der Waals surface area contributed by atoms with Gasteiger partial charge in [0.1, 0.15) is 5.75 Å². The topological polar surface area (TPSA) is 68.5 Å². The predicted molar refractivity (Wildman–Crippen MR) is 127 cm³/mol. The summed E-state index contributed by atoms with van der Waals surface area (Å²) in [6.07, 6.45) is 2.08. The lowest BCUT2D eigenvalue weighted by atomic mass is 10.1. The van der Waals surface area contributed by atoms with Crippen molar-refractivity contribution < 1.29 is 14.1 Å². The minimum atomic E-state index is 0.0736. The number of carbonyl (C=O) groups excluding carboxylic acids is 1. The lowest BCUT2D eigenvalue weighted by Gasteiger charge is -2.22. The van der Waals surface area contributed by atoms with E-state index in [4.69, 9.17) is 9.26 Å². The predicted octanol–water partition coefficient (Wildman–Crippen LogP) is 6.08. The molecule has 0 N–H and O–H groups in total. The molecule has 7 heteroatoms. The van der Waals surface area contributed by atoms with Gasteiger partial charge < -0.3 is 14.2 Å². The Morgan fingerprint density at radius 1 is 1.03 bits per heavy atom. The number of carbonyl (C=O) groups is 1. The summed E-state index contributed by atoms with van der Waals surface area (Å²) >= 11 is 1.61. The summed E-state index contributed by atoms with van der Waals surface area (Å²) in [6, 6.07) is 21.7. The lowest BCUT2D eigenvalue weighted by molar-refractivity contribution is 0.0982. The lowest BCUT2D eigenvalue weighted by Crippen LogP contribution is -2.32. The molecule has 1 amide bonds. The molecule has 2 heterocycles. The van der Waals surface area contributed by atoms with Crippen molar-refractivity contribution in [3.8, 4) is 28.6 Å². The van der Waals surface area contributed by atoms with E-state index in [1.165, 1.54) is 0 Å². The molecule has 0 spiro atoms. The van der Waals surface area contributed by atoms with Gasteiger partial charge in [-0.25, -0.2) is 0 Å². The van der Waals surface area contributed by atoms with Gasteiger partial charge in [0.15, 0.2) is 0 Å². The Balaban J connectivity index is 1.36. The largest absolute Gasteiger partial charge is 0.494 e. The summed E-state index contributed by atoms with van der Waals surface area (Å²) < 4.78 is 11.0. The Kier molecular flexibility index (Phi) is 4.91. The first-order valence-electron chi connectivity index (χ1n) is 11.0. The van der Waals surface area contributed by atoms with Gasteiger partial charge in [-0.05, 0) is 74.4 Å². The Bertz CT molecular complexity index is 1350. The first-order valence-corrected chi connectivity index (χ1v) is 11.8. The van der Waals surface area contributed by atoms with Gasteiger partial charge in [-0.2, -0.15) is 4.98 Å². The second-order valence-electron chi connectivity index (χ2n) is 8.07. The van der Waals surface area contributed by atoms with E-state index in [0.29, 0.717) is 18.3 Å². The van der Waals surface area contributed by atoms with Crippen LogP contribution in [0.4, 0.5) is 5.69 Å². The average Bonchev–Trinajstić information content (AvgIpc) is 3.57. The number of anilines is 1. The molecule has 4 aromatic rings. The van der Waals surface area contributed by atoms with E-state index in [9.17, 15) is 4.79 Å². The van der Waals surface area contributed by atoms with Crippen LogP contribution in [0.5, 0.6) is 5.75 Å². The molecule has 1 aromatic heterocycles. The number of ether oxygens (including phenoxy) is 1. The fraction of sp³-hybridized carbons (Fsp3) is 0.192. The molecule has 0 saturated heterocycles. The van der Waals surface area contributed by atoms with E-state index in [1.807, 2.05) is 72.5 Å². The van der Waals surface area contributed by atoms with Crippen molar-refractivity contribution in [1.29, 1.82) is 0 Å². The van der Waals surface area contributed by atoms with E-state index < -0.39 is 0 Å². The number of rotatable bonds is 5. The molecule has 164 valence electrons. The second-order valence-corrected chi connectivity index (χ2v) is 9.15. The zero-order chi connectivity index (χ0) is 22.4. The number of benzene rings is 3. The first kappa shape index (κ1) is 20.1. The minimum absolute atomic E-state index is 0.0736. The van der Waals surface area contributed by atoms with E-state index in [2.05, 4.69) is 16.2 Å². The fourth-order valence-corrected chi connectivity index (χ4v) is 5.14. The smallest absolute Gasteiger partial charge is 0.259 e. The summed E-state index contributed by atoms with van der Waals surface area (Å²) in [4.78, 5) is 21.9. The Hall–Kier alpha value is -3.58. The van der Waals surface area contributed by atoms with Crippen LogP contribution in [0, 0.1) is 0 Å². The van der Waals surface area contributed by atoms with Crippen LogP contribution < -0.4 is 9.64 Å². The van der Waals surface area contributed by atoms with Crippen molar-refractivity contribution in [3.05, 3.63) is 72.3 Å². The SMILES string of the molecule is CCOc1ccc(-c2nc(-c3ccc4c(c3)Sc3ccccc3C(=O)N4C3CC3)no2)cc1. The fourth-order valence-electron chi connectivity index (χ4n) is 4.04. The molecule has 1 aliphatic carbocycles. The highest BCUT2D eigenvalue weighted by atomic mass is 32.2. The number of hydrogen-bond donors (Lipinski definition) is 0. The Morgan fingerprint density at radius 3 is 2.61 bits per heavy atom. The molecule has 0 atom stereocenters. The second kappa shape index (κ2) is 8.08. The maximum atomic E-state index is 13.3. The van der Waals surface area contributed by atoms with E-state index >= 15 is 0 Å². The van der Waals surface area contributed by atoms with Gasteiger partial charge >= 0.3 is 0 Å². The van der Waals surface area contributed by atoms with Gasteiger partial charge in [-0.1, -0.05) is 29.1 Å². The van der Waals surface area contributed by atoms with Gasteiger partial charge in [-0.3, -0.25) is 4.79 Å². The van der Waals surface area contributed by atoms with Crippen LogP contribution in [-0.4, -0.2) is 28.7 Å². The van der Waals surface area contributed by atoms with Crippen LogP contribution in [0.25, 0.3) is 22.8 Å². The molecule has 6 nitrogen and oxygen atoms in total. The maximum absolute atomic E-state index is 13.3. The highest BCUT2D eigenvalue weighted by Gasteiger charge is 2.38. The molecule has 0 bridgehead atoms. The molecule has 1 fully saturated rings. The van der Waals surface area contributed by atoms with Crippen LogP contribution in [0.2, 0.25) is 0 Å². The molecular formula is C26H21N3O3S.